The van der Waals surface area contributed by atoms with Crippen LogP contribution < -0.4 is 5.56 Å². The van der Waals surface area contributed by atoms with E-state index in [4.69, 9.17) is 4.74 Å². The molecular formula is C10H13NO4. The first-order valence-corrected chi connectivity index (χ1v) is 4.51. The summed E-state index contributed by atoms with van der Waals surface area (Å²) in [6, 6.07) is 1.57. The number of aliphatic hydroxyl groups excluding tert-OH is 1. The van der Waals surface area contributed by atoms with Gasteiger partial charge in [-0.2, -0.15) is 0 Å². The molecule has 0 radical (unpaired) electrons. The summed E-state index contributed by atoms with van der Waals surface area (Å²) in [5.74, 6) is 0. The van der Waals surface area contributed by atoms with Gasteiger partial charge in [0, 0.05) is 25.3 Å². The highest BCUT2D eigenvalue weighted by molar-refractivity contribution is 5.51. The maximum Gasteiger partial charge on any atom is 0.253 e. The van der Waals surface area contributed by atoms with Crippen molar-refractivity contribution in [3.63, 3.8) is 0 Å². The molecule has 5 nitrogen and oxygen atoms in total. The molecular weight excluding hydrogens is 198 g/mol. The van der Waals surface area contributed by atoms with E-state index in [-0.39, 0.29) is 18.6 Å². The number of ether oxygens (including phenoxy) is 1. The van der Waals surface area contributed by atoms with Crippen molar-refractivity contribution in [3.8, 4) is 0 Å². The predicted octanol–water partition coefficient (Wildman–Crippen LogP) is 0.144. The summed E-state index contributed by atoms with van der Waals surface area (Å²) in [6.07, 6.45) is 1.07. The Hall–Kier alpha value is -1.46. The molecule has 1 aromatic heterocycles. The summed E-state index contributed by atoms with van der Waals surface area (Å²) >= 11 is 0. The molecule has 0 spiro atoms. The van der Waals surface area contributed by atoms with Crippen molar-refractivity contribution in [1.29, 1.82) is 0 Å². The Morgan fingerprint density at radius 1 is 1.67 bits per heavy atom. The van der Waals surface area contributed by atoms with Crippen molar-refractivity contribution in [2.24, 2.45) is 0 Å². The Morgan fingerprint density at radius 2 is 2.40 bits per heavy atom. The second-order valence-electron chi connectivity index (χ2n) is 3.09. The SMILES string of the molecule is COCc1c(C(O)CC=O)cc[nH]c1=O. The molecule has 0 fully saturated rings. The maximum atomic E-state index is 11.4. The molecule has 1 aromatic rings. The fraction of sp³-hybridized carbons (Fsp3) is 0.400. The molecule has 1 rings (SSSR count). The molecule has 1 atom stereocenters. The summed E-state index contributed by atoms with van der Waals surface area (Å²) in [4.78, 5) is 24.2. The summed E-state index contributed by atoms with van der Waals surface area (Å²) in [5.41, 5.74) is 0.487. The van der Waals surface area contributed by atoms with Crippen molar-refractivity contribution >= 4 is 6.29 Å². The third-order valence-corrected chi connectivity index (χ3v) is 2.07. The summed E-state index contributed by atoms with van der Waals surface area (Å²) in [5, 5.41) is 9.61. The molecule has 0 aliphatic heterocycles. The van der Waals surface area contributed by atoms with Crippen LogP contribution in [0.4, 0.5) is 0 Å². The normalized spacial score (nSPS) is 12.4. The van der Waals surface area contributed by atoms with Crippen LogP contribution in [0.3, 0.4) is 0 Å². The molecule has 0 aliphatic carbocycles. The van der Waals surface area contributed by atoms with Crippen molar-refractivity contribution in [2.45, 2.75) is 19.1 Å². The van der Waals surface area contributed by atoms with Crippen LogP contribution >= 0.6 is 0 Å². The summed E-state index contributed by atoms with van der Waals surface area (Å²) in [7, 11) is 1.46. The van der Waals surface area contributed by atoms with Gasteiger partial charge in [0.2, 0.25) is 0 Å². The van der Waals surface area contributed by atoms with E-state index in [1.54, 1.807) is 6.07 Å². The van der Waals surface area contributed by atoms with Gasteiger partial charge in [-0.25, -0.2) is 0 Å². The predicted molar refractivity (Wildman–Crippen MR) is 53.4 cm³/mol. The number of rotatable bonds is 5. The lowest BCUT2D eigenvalue weighted by atomic mass is 10.0. The largest absolute Gasteiger partial charge is 0.388 e. The average molecular weight is 211 g/mol. The van der Waals surface area contributed by atoms with Crippen molar-refractivity contribution in [2.75, 3.05) is 7.11 Å². The molecule has 0 amide bonds. The molecule has 0 saturated carbocycles. The second kappa shape index (κ2) is 5.43. The van der Waals surface area contributed by atoms with E-state index >= 15 is 0 Å². The number of hydrogen-bond acceptors (Lipinski definition) is 4. The van der Waals surface area contributed by atoms with Crippen molar-refractivity contribution in [3.05, 3.63) is 33.7 Å². The zero-order valence-corrected chi connectivity index (χ0v) is 8.40. The third-order valence-electron chi connectivity index (χ3n) is 2.07. The molecule has 0 saturated heterocycles. The van der Waals surface area contributed by atoms with E-state index in [2.05, 4.69) is 4.98 Å². The van der Waals surface area contributed by atoms with Gasteiger partial charge in [-0.1, -0.05) is 0 Å². The molecule has 0 bridgehead atoms. The van der Waals surface area contributed by atoms with E-state index in [9.17, 15) is 14.7 Å². The molecule has 82 valence electrons. The Kier molecular flexibility index (Phi) is 4.20. The minimum absolute atomic E-state index is 0.0276. The number of hydrogen-bond donors (Lipinski definition) is 2. The molecule has 0 aliphatic rings. The van der Waals surface area contributed by atoms with Gasteiger partial charge < -0.3 is 19.6 Å². The fourth-order valence-corrected chi connectivity index (χ4v) is 1.35. The lowest BCUT2D eigenvalue weighted by Crippen LogP contribution is -2.17. The molecule has 1 heterocycles. The van der Waals surface area contributed by atoms with Gasteiger partial charge in [-0.05, 0) is 11.6 Å². The fourth-order valence-electron chi connectivity index (χ4n) is 1.35. The lowest BCUT2D eigenvalue weighted by molar-refractivity contribution is -0.109. The van der Waals surface area contributed by atoms with E-state index in [1.165, 1.54) is 13.3 Å². The minimum Gasteiger partial charge on any atom is -0.388 e. The summed E-state index contributed by atoms with van der Waals surface area (Å²) < 4.78 is 4.86. The molecule has 0 aromatic carbocycles. The van der Waals surface area contributed by atoms with Crippen LogP contribution in [0.1, 0.15) is 23.7 Å². The Bertz CT molecular complexity index is 385. The Balaban J connectivity index is 3.09. The number of H-pyrrole nitrogens is 1. The van der Waals surface area contributed by atoms with Crippen LogP contribution in [0, 0.1) is 0 Å². The van der Waals surface area contributed by atoms with E-state index in [0.29, 0.717) is 17.4 Å². The van der Waals surface area contributed by atoms with Gasteiger partial charge >= 0.3 is 0 Å². The highest BCUT2D eigenvalue weighted by Crippen LogP contribution is 2.17. The van der Waals surface area contributed by atoms with Gasteiger partial charge in [0.25, 0.3) is 5.56 Å². The standard InChI is InChI=1S/C10H13NO4/c1-15-6-8-7(9(13)3-5-12)2-4-11-10(8)14/h2,4-5,9,13H,3,6H2,1H3,(H,11,14). The van der Waals surface area contributed by atoms with Crippen LogP contribution in [0.5, 0.6) is 0 Å². The van der Waals surface area contributed by atoms with Gasteiger partial charge in [0.05, 0.1) is 12.7 Å². The monoisotopic (exact) mass is 211 g/mol. The first-order chi connectivity index (χ1) is 7.20. The van der Waals surface area contributed by atoms with Crippen molar-refractivity contribution in [1.82, 2.24) is 4.98 Å². The zero-order valence-electron chi connectivity index (χ0n) is 8.40. The molecule has 1 unspecified atom stereocenters. The van der Waals surface area contributed by atoms with Crippen LogP contribution in [0.25, 0.3) is 0 Å². The number of aldehydes is 1. The average Bonchev–Trinajstić information content (AvgIpc) is 2.21. The first-order valence-electron chi connectivity index (χ1n) is 4.51. The first kappa shape index (κ1) is 11.6. The number of carbonyl (C=O) groups excluding carboxylic acids is 1. The maximum absolute atomic E-state index is 11.4. The number of methoxy groups -OCH3 is 1. The van der Waals surface area contributed by atoms with E-state index < -0.39 is 6.10 Å². The van der Waals surface area contributed by atoms with Crippen LogP contribution in [-0.2, 0) is 16.1 Å². The number of aliphatic hydroxyl groups is 1. The Morgan fingerprint density at radius 3 is 3.00 bits per heavy atom. The van der Waals surface area contributed by atoms with Crippen LogP contribution in [0.2, 0.25) is 0 Å². The Labute approximate surface area is 86.7 Å². The zero-order chi connectivity index (χ0) is 11.3. The number of nitrogens with one attached hydrogen (secondary N) is 1. The number of aromatic amines is 1. The highest BCUT2D eigenvalue weighted by Gasteiger charge is 2.14. The van der Waals surface area contributed by atoms with E-state index in [0.717, 1.165) is 0 Å². The number of pyridine rings is 1. The molecule has 5 heteroatoms. The molecule has 2 N–H and O–H groups in total. The van der Waals surface area contributed by atoms with Gasteiger partial charge in [0.1, 0.15) is 6.29 Å². The third kappa shape index (κ3) is 2.74. The molecule has 15 heavy (non-hydrogen) atoms. The quantitative estimate of drug-likeness (QED) is 0.679. The van der Waals surface area contributed by atoms with Gasteiger partial charge in [0.15, 0.2) is 0 Å². The number of aromatic nitrogens is 1. The smallest absolute Gasteiger partial charge is 0.253 e. The van der Waals surface area contributed by atoms with Gasteiger partial charge in [-0.3, -0.25) is 4.79 Å². The lowest BCUT2D eigenvalue weighted by Gasteiger charge is -2.11. The van der Waals surface area contributed by atoms with Crippen molar-refractivity contribution < 1.29 is 14.6 Å². The highest BCUT2D eigenvalue weighted by atomic mass is 16.5. The number of carbonyl (C=O) groups is 1. The minimum atomic E-state index is -0.949. The van der Waals surface area contributed by atoms with Gasteiger partial charge in [-0.15, -0.1) is 0 Å². The van der Waals surface area contributed by atoms with E-state index in [1.807, 2.05) is 0 Å². The topological polar surface area (TPSA) is 79.4 Å². The van der Waals surface area contributed by atoms with Crippen LogP contribution in [0.15, 0.2) is 17.1 Å². The van der Waals surface area contributed by atoms with Crippen LogP contribution in [-0.4, -0.2) is 23.5 Å². The summed E-state index contributed by atoms with van der Waals surface area (Å²) in [6.45, 7) is 0.113. The second-order valence-corrected chi connectivity index (χ2v) is 3.09.